The van der Waals surface area contributed by atoms with Gasteiger partial charge >= 0.3 is 0 Å². The molecule has 70 valence electrons. The van der Waals surface area contributed by atoms with Crippen molar-refractivity contribution in [3.05, 3.63) is 11.8 Å². The first-order valence-corrected chi connectivity index (χ1v) is 4.72. The second-order valence-electron chi connectivity index (χ2n) is 3.81. The molecule has 0 bridgehead atoms. The molecule has 0 fully saturated rings. The fraction of sp³-hybridized carbons (Fsp3) is 0.800. The third-order valence-electron chi connectivity index (χ3n) is 2.60. The smallest absolute Gasteiger partial charge is 0.0335 e. The minimum absolute atomic E-state index is 0.672. The lowest BCUT2D eigenvalue weighted by Crippen LogP contribution is -2.37. The molecule has 1 unspecified atom stereocenters. The van der Waals surface area contributed by atoms with Gasteiger partial charge in [-0.15, -0.1) is 0 Å². The molecule has 1 aliphatic rings. The Hall–Kier alpha value is -0.500. The van der Waals surface area contributed by atoms with E-state index in [1.54, 1.807) is 5.57 Å². The second kappa shape index (κ2) is 3.94. The Morgan fingerprint density at radius 3 is 2.75 bits per heavy atom. The lowest BCUT2D eigenvalue weighted by molar-refractivity contribution is 0.260. The quantitative estimate of drug-likeness (QED) is 0.617. The summed E-state index contributed by atoms with van der Waals surface area (Å²) in [6, 6.07) is 0.672. The number of rotatable bonds is 2. The largest absolute Gasteiger partial charge is 0.380 e. The van der Waals surface area contributed by atoms with Crippen LogP contribution in [0.15, 0.2) is 11.8 Å². The molecule has 0 saturated heterocycles. The van der Waals surface area contributed by atoms with Crippen molar-refractivity contribution >= 4 is 0 Å². The number of nitrogens with zero attached hydrogens (tertiary/aromatic N) is 2. The molecular formula is C10H20N2. The summed E-state index contributed by atoms with van der Waals surface area (Å²) in [6.07, 6.45) is 4.74. The van der Waals surface area contributed by atoms with E-state index < -0.39 is 0 Å². The second-order valence-corrected chi connectivity index (χ2v) is 3.81. The van der Waals surface area contributed by atoms with E-state index in [2.05, 4.69) is 44.1 Å². The van der Waals surface area contributed by atoms with E-state index in [1.807, 2.05) is 0 Å². The molecule has 2 nitrogen and oxygen atoms in total. The average Bonchev–Trinajstić information content (AvgIpc) is 2.03. The van der Waals surface area contributed by atoms with Gasteiger partial charge in [0, 0.05) is 19.6 Å². The van der Waals surface area contributed by atoms with Crippen LogP contribution in [0.1, 0.15) is 19.8 Å². The first-order valence-electron chi connectivity index (χ1n) is 4.72. The first kappa shape index (κ1) is 9.59. The summed E-state index contributed by atoms with van der Waals surface area (Å²) in [5, 5.41) is 0. The predicted octanol–water partition coefficient (Wildman–Crippen LogP) is 1.55. The van der Waals surface area contributed by atoms with Crippen molar-refractivity contribution in [3.8, 4) is 0 Å². The van der Waals surface area contributed by atoms with Crippen LogP contribution in [0.5, 0.6) is 0 Å². The van der Waals surface area contributed by atoms with Gasteiger partial charge in [-0.1, -0.05) is 6.92 Å². The first-order chi connectivity index (χ1) is 5.65. The molecule has 0 spiro atoms. The molecule has 12 heavy (non-hydrogen) atoms. The van der Waals surface area contributed by atoms with Crippen molar-refractivity contribution in [2.24, 2.45) is 0 Å². The van der Waals surface area contributed by atoms with Gasteiger partial charge in [0.15, 0.2) is 0 Å². The highest BCUT2D eigenvalue weighted by Crippen LogP contribution is 2.20. The van der Waals surface area contributed by atoms with Crippen LogP contribution in [0.3, 0.4) is 0 Å². The Balaban J connectivity index is 2.70. The molecule has 1 atom stereocenters. The van der Waals surface area contributed by atoms with E-state index in [0.717, 1.165) is 0 Å². The topological polar surface area (TPSA) is 6.48 Å². The van der Waals surface area contributed by atoms with Gasteiger partial charge in [-0.2, -0.15) is 0 Å². The summed E-state index contributed by atoms with van der Waals surface area (Å²) < 4.78 is 0. The highest BCUT2D eigenvalue weighted by atomic mass is 15.1. The average molecular weight is 168 g/mol. The monoisotopic (exact) mass is 168 g/mol. The van der Waals surface area contributed by atoms with Crippen LogP contribution in [0.25, 0.3) is 0 Å². The van der Waals surface area contributed by atoms with Crippen LogP contribution in [0.2, 0.25) is 0 Å². The number of hydrogen-bond donors (Lipinski definition) is 0. The molecule has 0 radical (unpaired) electrons. The molecule has 0 saturated carbocycles. The molecule has 1 heterocycles. The van der Waals surface area contributed by atoms with E-state index in [9.17, 15) is 0 Å². The van der Waals surface area contributed by atoms with Gasteiger partial charge in [0.05, 0.1) is 0 Å². The molecule has 0 aromatic heterocycles. The Morgan fingerprint density at radius 2 is 2.25 bits per heavy atom. The van der Waals surface area contributed by atoms with Gasteiger partial charge in [-0.25, -0.2) is 0 Å². The van der Waals surface area contributed by atoms with E-state index >= 15 is 0 Å². The lowest BCUT2D eigenvalue weighted by Gasteiger charge is -2.33. The molecule has 0 amide bonds. The number of likely N-dealkylation sites (N-methyl/N-ethyl adjacent to an activating group) is 1. The number of hydrogen-bond acceptors (Lipinski definition) is 2. The SMILES string of the molecule is CCC1=CN(C)CCC1N(C)C. The highest BCUT2D eigenvalue weighted by Gasteiger charge is 2.19. The van der Waals surface area contributed by atoms with Crippen molar-refractivity contribution < 1.29 is 0 Å². The summed E-state index contributed by atoms with van der Waals surface area (Å²) in [5.74, 6) is 0. The Kier molecular flexibility index (Phi) is 3.15. The summed E-state index contributed by atoms with van der Waals surface area (Å²) >= 11 is 0. The fourth-order valence-electron chi connectivity index (χ4n) is 1.86. The van der Waals surface area contributed by atoms with Crippen LogP contribution in [-0.4, -0.2) is 43.5 Å². The van der Waals surface area contributed by atoms with E-state index in [1.165, 1.54) is 19.4 Å². The summed E-state index contributed by atoms with van der Waals surface area (Å²) in [4.78, 5) is 4.61. The Bertz CT molecular complexity index is 173. The summed E-state index contributed by atoms with van der Waals surface area (Å²) in [7, 11) is 6.49. The zero-order chi connectivity index (χ0) is 9.14. The molecule has 0 aliphatic carbocycles. The Morgan fingerprint density at radius 1 is 1.58 bits per heavy atom. The standard InChI is InChI=1S/C10H20N2/c1-5-9-8-12(4)7-6-10(9)11(2)3/h8,10H,5-7H2,1-4H3. The van der Waals surface area contributed by atoms with Crippen molar-refractivity contribution in [1.82, 2.24) is 9.80 Å². The lowest BCUT2D eigenvalue weighted by atomic mass is 9.98. The molecule has 1 rings (SSSR count). The molecule has 0 aromatic rings. The summed E-state index contributed by atoms with van der Waals surface area (Å²) in [6.45, 7) is 3.42. The van der Waals surface area contributed by atoms with Crippen LogP contribution in [0.4, 0.5) is 0 Å². The molecule has 0 N–H and O–H groups in total. The minimum atomic E-state index is 0.672. The van der Waals surface area contributed by atoms with Gasteiger partial charge in [0.2, 0.25) is 0 Å². The highest BCUT2D eigenvalue weighted by molar-refractivity contribution is 5.12. The van der Waals surface area contributed by atoms with E-state index in [0.29, 0.717) is 6.04 Å². The van der Waals surface area contributed by atoms with Gasteiger partial charge in [-0.3, -0.25) is 0 Å². The zero-order valence-electron chi connectivity index (χ0n) is 8.67. The van der Waals surface area contributed by atoms with Gasteiger partial charge in [0.1, 0.15) is 0 Å². The van der Waals surface area contributed by atoms with E-state index in [4.69, 9.17) is 0 Å². The maximum Gasteiger partial charge on any atom is 0.0335 e. The molecule has 1 aliphatic heterocycles. The zero-order valence-corrected chi connectivity index (χ0v) is 8.67. The maximum atomic E-state index is 2.32. The van der Waals surface area contributed by atoms with Crippen molar-refractivity contribution in [1.29, 1.82) is 0 Å². The minimum Gasteiger partial charge on any atom is -0.380 e. The van der Waals surface area contributed by atoms with Crippen LogP contribution >= 0.6 is 0 Å². The maximum absolute atomic E-state index is 2.32. The van der Waals surface area contributed by atoms with Crippen LogP contribution in [-0.2, 0) is 0 Å². The molecule has 0 aromatic carbocycles. The van der Waals surface area contributed by atoms with Crippen molar-refractivity contribution in [2.45, 2.75) is 25.8 Å². The van der Waals surface area contributed by atoms with Crippen LogP contribution < -0.4 is 0 Å². The predicted molar refractivity (Wildman–Crippen MR) is 53.1 cm³/mol. The fourth-order valence-corrected chi connectivity index (χ4v) is 1.86. The van der Waals surface area contributed by atoms with Crippen LogP contribution in [0, 0.1) is 0 Å². The van der Waals surface area contributed by atoms with Gasteiger partial charge in [-0.05, 0) is 38.7 Å². The summed E-state index contributed by atoms with van der Waals surface area (Å²) in [5.41, 5.74) is 1.56. The van der Waals surface area contributed by atoms with Gasteiger partial charge in [0.25, 0.3) is 0 Å². The normalized spacial score (nSPS) is 24.6. The third kappa shape index (κ3) is 2.01. The molecule has 2 heteroatoms. The van der Waals surface area contributed by atoms with Gasteiger partial charge < -0.3 is 9.80 Å². The Labute approximate surface area is 75.8 Å². The third-order valence-corrected chi connectivity index (χ3v) is 2.60. The van der Waals surface area contributed by atoms with Crippen molar-refractivity contribution in [3.63, 3.8) is 0 Å². The molecular weight excluding hydrogens is 148 g/mol. The van der Waals surface area contributed by atoms with Crippen molar-refractivity contribution in [2.75, 3.05) is 27.7 Å². The van der Waals surface area contributed by atoms with E-state index in [-0.39, 0.29) is 0 Å².